The quantitative estimate of drug-likeness (QED) is 0.435. The van der Waals surface area contributed by atoms with Gasteiger partial charge in [-0.15, -0.1) is 0 Å². The number of phenols is 1. The Morgan fingerprint density at radius 2 is 1.72 bits per heavy atom. The molecule has 2 aliphatic heterocycles. The summed E-state index contributed by atoms with van der Waals surface area (Å²) >= 11 is 0. The summed E-state index contributed by atoms with van der Waals surface area (Å²) in [6, 6.07) is 20.0. The number of carbonyl (C=O) groups excluding carboxylic acids is 1. The fourth-order valence-electron chi connectivity index (χ4n) is 5.23. The van der Waals surface area contributed by atoms with Crippen molar-refractivity contribution in [3.63, 3.8) is 0 Å². The molecule has 0 aliphatic carbocycles. The molecule has 3 aromatic rings. The van der Waals surface area contributed by atoms with Gasteiger partial charge in [0, 0.05) is 16.2 Å². The van der Waals surface area contributed by atoms with Crippen LogP contribution in [0.4, 0.5) is 5.69 Å². The molecule has 0 saturated carbocycles. The van der Waals surface area contributed by atoms with Crippen LogP contribution in [0.3, 0.4) is 0 Å². The predicted molar refractivity (Wildman–Crippen MR) is 120 cm³/mol. The molecule has 0 aromatic heterocycles. The van der Waals surface area contributed by atoms with Crippen molar-refractivity contribution in [2.45, 2.75) is 36.9 Å². The number of hydrogen-bond acceptors (Lipinski definition) is 5. The van der Waals surface area contributed by atoms with Gasteiger partial charge in [0.1, 0.15) is 11.3 Å². The number of anilines is 1. The van der Waals surface area contributed by atoms with Crippen molar-refractivity contribution in [1.29, 1.82) is 0 Å². The molecule has 2 heterocycles. The Labute approximate surface area is 185 Å². The van der Waals surface area contributed by atoms with Crippen LogP contribution in [0.25, 0.3) is 0 Å². The van der Waals surface area contributed by atoms with E-state index in [1.54, 1.807) is 24.3 Å². The van der Waals surface area contributed by atoms with Crippen molar-refractivity contribution < 1.29 is 14.8 Å². The number of fused-ring (bicyclic) bond motifs is 2. The molecule has 1 fully saturated rings. The van der Waals surface area contributed by atoms with Crippen LogP contribution in [0.15, 0.2) is 72.8 Å². The molecular formula is C25H23N3O4. The molecule has 3 aromatic carbocycles. The molecule has 0 bridgehead atoms. The van der Waals surface area contributed by atoms with Crippen molar-refractivity contribution >= 4 is 11.6 Å². The van der Waals surface area contributed by atoms with Gasteiger partial charge < -0.3 is 10.4 Å². The highest BCUT2D eigenvalue weighted by atomic mass is 16.6. The molecule has 1 saturated heterocycles. The van der Waals surface area contributed by atoms with Crippen molar-refractivity contribution in [2.75, 3.05) is 5.32 Å². The highest BCUT2D eigenvalue weighted by molar-refractivity contribution is 6.07. The molecular weight excluding hydrogens is 406 g/mol. The van der Waals surface area contributed by atoms with Crippen LogP contribution in [-0.4, -0.2) is 28.0 Å². The van der Waals surface area contributed by atoms with Gasteiger partial charge >= 0.3 is 0 Å². The Hall–Kier alpha value is -3.71. The summed E-state index contributed by atoms with van der Waals surface area (Å²) in [4.78, 5) is 25.7. The topological polar surface area (TPSA) is 104 Å². The lowest BCUT2D eigenvalue weighted by Crippen LogP contribution is -2.49. The highest BCUT2D eigenvalue weighted by Crippen LogP contribution is 2.52. The molecule has 32 heavy (non-hydrogen) atoms. The van der Waals surface area contributed by atoms with Crippen molar-refractivity contribution in [1.82, 2.24) is 5.32 Å². The van der Waals surface area contributed by atoms with Gasteiger partial charge in [-0.2, -0.15) is 0 Å². The minimum Gasteiger partial charge on any atom is -0.508 e. The van der Waals surface area contributed by atoms with Gasteiger partial charge in [-0.25, -0.2) is 0 Å². The van der Waals surface area contributed by atoms with Gasteiger partial charge in [-0.05, 0) is 42.7 Å². The van der Waals surface area contributed by atoms with Crippen LogP contribution in [0.5, 0.6) is 5.75 Å². The first-order valence-electron chi connectivity index (χ1n) is 10.6. The average Bonchev–Trinajstić information content (AvgIpc) is 3.26. The van der Waals surface area contributed by atoms with E-state index in [9.17, 15) is 20.0 Å². The second kappa shape index (κ2) is 7.46. The summed E-state index contributed by atoms with van der Waals surface area (Å²) in [6.45, 7) is 1.96. The third-order valence-corrected chi connectivity index (χ3v) is 6.66. The summed E-state index contributed by atoms with van der Waals surface area (Å²) < 4.78 is 0. The van der Waals surface area contributed by atoms with Gasteiger partial charge in [-0.3, -0.25) is 20.2 Å². The Bertz CT molecular complexity index is 1190. The summed E-state index contributed by atoms with van der Waals surface area (Å²) in [6.07, 6.45) is 0.353. The molecule has 7 nitrogen and oxygen atoms in total. The van der Waals surface area contributed by atoms with E-state index in [2.05, 4.69) is 10.6 Å². The molecule has 3 N–H and O–H groups in total. The maximum Gasteiger partial charge on any atom is 0.250 e. The molecule has 7 heteroatoms. The molecule has 0 radical (unpaired) electrons. The zero-order valence-electron chi connectivity index (χ0n) is 17.5. The Morgan fingerprint density at radius 1 is 1.03 bits per heavy atom. The standard InChI is InChI=1S/C25H23N3O4/c1-15-6-10-17(11-7-15)22-23(28(31)32)21(14-16-8-12-18(29)13-9-16)27-25(22)19-4-2-3-5-20(19)26-24(25)30/h2-13,21-23,27,29H,14H2,1H3,(H,26,30). The van der Waals surface area contributed by atoms with Crippen LogP contribution in [0, 0.1) is 17.0 Å². The van der Waals surface area contributed by atoms with Gasteiger partial charge in [-0.1, -0.05) is 60.2 Å². The van der Waals surface area contributed by atoms with E-state index in [0.717, 1.165) is 22.3 Å². The molecule has 4 atom stereocenters. The smallest absolute Gasteiger partial charge is 0.250 e. The number of nitrogens with zero attached hydrogens (tertiary/aromatic N) is 1. The van der Waals surface area contributed by atoms with Crippen LogP contribution in [0.2, 0.25) is 0 Å². The fraction of sp³-hybridized carbons (Fsp3) is 0.240. The molecule has 1 amide bonds. The number of phenolic OH excluding ortho intramolecular Hbond substituents is 1. The number of nitro groups is 1. The number of aryl methyl sites for hydroxylation is 1. The largest absolute Gasteiger partial charge is 0.508 e. The van der Waals surface area contributed by atoms with Gasteiger partial charge in [0.15, 0.2) is 0 Å². The lowest BCUT2D eigenvalue weighted by atomic mass is 9.74. The first-order chi connectivity index (χ1) is 15.4. The number of carbonyl (C=O) groups is 1. The van der Waals surface area contributed by atoms with Gasteiger partial charge in [0.2, 0.25) is 11.9 Å². The number of rotatable bonds is 4. The number of nitrogens with one attached hydrogen (secondary N) is 2. The third kappa shape index (κ3) is 3.05. The third-order valence-electron chi connectivity index (χ3n) is 6.66. The van der Waals surface area contributed by atoms with E-state index in [1.807, 2.05) is 55.5 Å². The maximum absolute atomic E-state index is 13.5. The van der Waals surface area contributed by atoms with Crippen LogP contribution in [0.1, 0.15) is 28.2 Å². The zero-order valence-corrected chi connectivity index (χ0v) is 17.5. The van der Waals surface area contributed by atoms with Crippen molar-refractivity contribution in [3.8, 4) is 5.75 Å². The van der Waals surface area contributed by atoms with Crippen LogP contribution in [-0.2, 0) is 16.8 Å². The average molecular weight is 429 g/mol. The van der Waals surface area contributed by atoms with E-state index in [-0.39, 0.29) is 16.6 Å². The Kier molecular flexibility index (Phi) is 4.71. The predicted octanol–water partition coefficient (Wildman–Crippen LogP) is 3.49. The van der Waals surface area contributed by atoms with E-state index in [0.29, 0.717) is 12.1 Å². The number of hydrogen-bond donors (Lipinski definition) is 3. The van der Waals surface area contributed by atoms with Crippen molar-refractivity contribution in [3.05, 3.63) is 105 Å². The number of amides is 1. The minimum atomic E-state index is -1.24. The van der Waals surface area contributed by atoms with E-state index >= 15 is 0 Å². The zero-order chi connectivity index (χ0) is 22.5. The van der Waals surface area contributed by atoms with Gasteiger partial charge in [0.25, 0.3) is 0 Å². The van der Waals surface area contributed by atoms with Gasteiger partial charge in [0.05, 0.1) is 12.0 Å². The van der Waals surface area contributed by atoms with E-state index in [1.165, 1.54) is 0 Å². The SMILES string of the molecule is Cc1ccc(C2C([N+](=O)[O-])C(Cc3ccc(O)cc3)NC23C(=O)Nc2ccccc23)cc1. The number of benzene rings is 3. The summed E-state index contributed by atoms with van der Waals surface area (Å²) in [5.41, 5.74) is 2.81. The molecule has 162 valence electrons. The lowest BCUT2D eigenvalue weighted by molar-refractivity contribution is -0.526. The first-order valence-corrected chi connectivity index (χ1v) is 10.6. The number of para-hydroxylation sites is 1. The van der Waals surface area contributed by atoms with Crippen molar-refractivity contribution in [2.24, 2.45) is 0 Å². The van der Waals surface area contributed by atoms with Crippen LogP contribution >= 0.6 is 0 Å². The molecule has 4 unspecified atom stereocenters. The minimum absolute atomic E-state index is 0.136. The fourth-order valence-corrected chi connectivity index (χ4v) is 5.23. The number of aromatic hydroxyl groups is 1. The van der Waals surface area contributed by atoms with E-state index < -0.39 is 23.5 Å². The summed E-state index contributed by atoms with van der Waals surface area (Å²) in [5.74, 6) is -0.828. The summed E-state index contributed by atoms with van der Waals surface area (Å²) in [5, 5.41) is 28.4. The lowest BCUT2D eigenvalue weighted by Gasteiger charge is -2.29. The maximum atomic E-state index is 13.5. The second-order valence-corrected chi connectivity index (χ2v) is 8.59. The summed E-state index contributed by atoms with van der Waals surface area (Å²) in [7, 11) is 0. The normalized spacial score (nSPS) is 26.2. The van der Waals surface area contributed by atoms with Crippen LogP contribution < -0.4 is 10.6 Å². The van der Waals surface area contributed by atoms with E-state index in [4.69, 9.17) is 0 Å². The highest BCUT2D eigenvalue weighted by Gasteiger charge is 2.66. The Balaban J connectivity index is 1.67. The molecule has 2 aliphatic rings. The second-order valence-electron chi connectivity index (χ2n) is 8.59. The monoisotopic (exact) mass is 429 g/mol. The Morgan fingerprint density at radius 3 is 2.41 bits per heavy atom. The first kappa shape index (κ1) is 20.2. The molecule has 5 rings (SSSR count). The molecule has 1 spiro atoms.